The molecule has 1 aliphatic rings. The van der Waals surface area contributed by atoms with E-state index in [0.717, 1.165) is 33.6 Å². The predicted molar refractivity (Wildman–Crippen MR) is 143 cm³/mol. The highest BCUT2D eigenvalue weighted by Crippen LogP contribution is 2.33. The van der Waals surface area contributed by atoms with Gasteiger partial charge < -0.3 is 24.7 Å². The predicted octanol–water partition coefficient (Wildman–Crippen LogP) is 3.01. The summed E-state index contributed by atoms with van der Waals surface area (Å²) in [5.41, 5.74) is 2.70. The molecule has 1 fully saturated rings. The molecule has 0 bridgehead atoms. The van der Waals surface area contributed by atoms with E-state index in [9.17, 15) is 9.90 Å². The monoisotopic (exact) mass is 519 g/mol. The third-order valence-electron chi connectivity index (χ3n) is 6.36. The van der Waals surface area contributed by atoms with Gasteiger partial charge in [-0.15, -0.1) is 11.3 Å². The number of carbonyl (C=O) groups excluding carboxylic acids is 1. The number of carbonyl (C=O) groups is 1. The number of thiophene rings is 1. The van der Waals surface area contributed by atoms with Gasteiger partial charge >= 0.3 is 6.01 Å². The number of aromatic nitrogens is 3. The van der Waals surface area contributed by atoms with Gasteiger partial charge in [-0.2, -0.15) is 9.97 Å². The number of hydrogen-bond acceptors (Lipinski definition) is 9. The maximum atomic E-state index is 13.2. The van der Waals surface area contributed by atoms with Gasteiger partial charge in [-0.05, 0) is 41.8 Å². The van der Waals surface area contributed by atoms with E-state index in [0.29, 0.717) is 31.7 Å². The number of aliphatic hydroxyl groups excluding tert-OH is 2. The zero-order valence-electron chi connectivity index (χ0n) is 20.6. The highest BCUT2D eigenvalue weighted by molar-refractivity contribution is 7.18. The lowest BCUT2D eigenvalue weighted by Gasteiger charge is -2.35. The third-order valence-corrected chi connectivity index (χ3v) is 7.53. The van der Waals surface area contributed by atoms with Gasteiger partial charge in [0.05, 0.1) is 12.0 Å². The van der Waals surface area contributed by atoms with Crippen LogP contribution in [0.5, 0.6) is 6.01 Å². The Kier molecular flexibility index (Phi) is 7.59. The van der Waals surface area contributed by atoms with E-state index in [1.165, 1.54) is 4.88 Å². The van der Waals surface area contributed by atoms with Gasteiger partial charge in [0, 0.05) is 49.0 Å². The van der Waals surface area contributed by atoms with E-state index in [4.69, 9.17) is 9.84 Å². The number of pyridine rings is 1. The van der Waals surface area contributed by atoms with Crippen LogP contribution in [0.3, 0.4) is 0 Å². The molecule has 5 rings (SSSR count). The summed E-state index contributed by atoms with van der Waals surface area (Å²) in [6.07, 6.45) is 3.44. The van der Waals surface area contributed by atoms with E-state index >= 15 is 0 Å². The molecule has 0 aliphatic carbocycles. The van der Waals surface area contributed by atoms with Crippen molar-refractivity contribution in [3.8, 4) is 17.1 Å². The molecule has 0 unspecified atom stereocenters. The van der Waals surface area contributed by atoms with Crippen molar-refractivity contribution < 1.29 is 19.7 Å². The molecule has 1 amide bonds. The lowest BCUT2D eigenvalue weighted by Crippen LogP contribution is -2.49. The van der Waals surface area contributed by atoms with Crippen molar-refractivity contribution in [2.75, 3.05) is 44.3 Å². The second-order valence-corrected chi connectivity index (χ2v) is 9.98. The summed E-state index contributed by atoms with van der Waals surface area (Å²) in [6, 6.07) is 13.8. The summed E-state index contributed by atoms with van der Waals surface area (Å²) in [5, 5.41) is 19.7. The normalized spacial score (nSPS) is 14.7. The first-order chi connectivity index (χ1) is 18.1. The number of piperazine rings is 1. The van der Waals surface area contributed by atoms with Gasteiger partial charge in [0.15, 0.2) is 0 Å². The Morgan fingerprint density at radius 3 is 2.57 bits per heavy atom. The molecule has 4 heterocycles. The molecule has 1 aromatic carbocycles. The summed E-state index contributed by atoms with van der Waals surface area (Å²) in [5.74, 6) is 0.776. The zero-order valence-corrected chi connectivity index (χ0v) is 21.4. The fourth-order valence-corrected chi connectivity index (χ4v) is 5.24. The second kappa shape index (κ2) is 11.2. The Bertz CT molecular complexity index is 1350. The number of ether oxygens (including phenoxy) is 1. The smallest absolute Gasteiger partial charge is 0.319 e. The van der Waals surface area contributed by atoms with E-state index < -0.39 is 12.7 Å². The molecular formula is C27H29N5O4S. The Morgan fingerprint density at radius 2 is 1.89 bits per heavy atom. The molecule has 0 radical (unpaired) electrons. The molecule has 192 valence electrons. The maximum absolute atomic E-state index is 13.2. The van der Waals surface area contributed by atoms with E-state index in [2.05, 4.69) is 32.8 Å². The molecule has 9 nitrogen and oxygen atoms in total. The SMILES string of the molecule is CCc1cc2c(N3CCN(C(=O)c4ccc(-c5cccnc5)cc4)CC3)nc(OC[C@H](O)CO)nc2s1. The van der Waals surface area contributed by atoms with Gasteiger partial charge in [0.25, 0.3) is 5.91 Å². The van der Waals surface area contributed by atoms with Crippen molar-refractivity contribution in [1.82, 2.24) is 19.9 Å². The van der Waals surface area contributed by atoms with Gasteiger partial charge in [0.2, 0.25) is 0 Å². The van der Waals surface area contributed by atoms with Crippen LogP contribution in [0.1, 0.15) is 22.2 Å². The molecule has 1 saturated heterocycles. The van der Waals surface area contributed by atoms with Gasteiger partial charge in [0.1, 0.15) is 23.4 Å². The third kappa shape index (κ3) is 5.56. The van der Waals surface area contributed by atoms with Gasteiger partial charge in [-0.3, -0.25) is 9.78 Å². The number of anilines is 1. The number of aryl methyl sites for hydroxylation is 1. The number of rotatable bonds is 8. The average molecular weight is 520 g/mol. The van der Waals surface area contributed by atoms with Crippen molar-refractivity contribution in [2.45, 2.75) is 19.4 Å². The minimum Gasteiger partial charge on any atom is -0.461 e. The number of fused-ring (bicyclic) bond motifs is 1. The Hall–Kier alpha value is -3.60. The first-order valence-electron chi connectivity index (χ1n) is 12.3. The topological polar surface area (TPSA) is 112 Å². The highest BCUT2D eigenvalue weighted by Gasteiger charge is 2.25. The van der Waals surface area contributed by atoms with Crippen LogP contribution in [-0.4, -0.2) is 81.5 Å². The number of aliphatic hydroxyl groups is 2. The molecule has 1 atom stereocenters. The lowest BCUT2D eigenvalue weighted by molar-refractivity contribution is 0.0506. The number of amides is 1. The van der Waals surface area contributed by atoms with Crippen LogP contribution < -0.4 is 9.64 Å². The van der Waals surface area contributed by atoms with Crippen LogP contribution in [0.15, 0.2) is 54.9 Å². The highest BCUT2D eigenvalue weighted by atomic mass is 32.1. The summed E-state index contributed by atoms with van der Waals surface area (Å²) < 4.78 is 5.58. The van der Waals surface area contributed by atoms with E-state index in [1.807, 2.05) is 47.5 Å². The van der Waals surface area contributed by atoms with Crippen molar-refractivity contribution in [2.24, 2.45) is 0 Å². The quantitative estimate of drug-likeness (QED) is 0.365. The molecule has 10 heteroatoms. The van der Waals surface area contributed by atoms with Gasteiger partial charge in [-0.25, -0.2) is 0 Å². The molecule has 0 spiro atoms. The average Bonchev–Trinajstić information content (AvgIpc) is 3.39. The Balaban J connectivity index is 1.29. The zero-order chi connectivity index (χ0) is 25.8. The summed E-state index contributed by atoms with van der Waals surface area (Å²) in [7, 11) is 0. The minimum absolute atomic E-state index is 0.0102. The van der Waals surface area contributed by atoms with Gasteiger partial charge in [-0.1, -0.05) is 25.1 Å². The van der Waals surface area contributed by atoms with E-state index in [1.54, 1.807) is 17.5 Å². The first-order valence-corrected chi connectivity index (χ1v) is 13.1. The number of hydrogen-bond donors (Lipinski definition) is 2. The molecular weight excluding hydrogens is 490 g/mol. The van der Waals surface area contributed by atoms with Crippen LogP contribution in [0, 0.1) is 0 Å². The molecule has 2 N–H and O–H groups in total. The van der Waals surface area contributed by atoms with Crippen molar-refractivity contribution in [1.29, 1.82) is 0 Å². The van der Waals surface area contributed by atoms with Crippen molar-refractivity contribution >= 4 is 33.3 Å². The molecule has 4 aromatic rings. The molecule has 3 aromatic heterocycles. The van der Waals surface area contributed by atoms with Crippen LogP contribution in [0.2, 0.25) is 0 Å². The van der Waals surface area contributed by atoms with Crippen molar-refractivity contribution in [3.63, 3.8) is 0 Å². The number of benzene rings is 1. The van der Waals surface area contributed by atoms with E-state index in [-0.39, 0.29) is 18.5 Å². The fraction of sp³-hybridized carbons (Fsp3) is 0.333. The standard InChI is InChI=1S/C27H29N5O4S/c1-2-22-14-23-24(29-27(30-25(23)37-22)36-17-21(34)16-33)31-10-12-32(13-11-31)26(35)19-7-5-18(6-8-19)20-4-3-9-28-15-20/h3-9,14-15,21,33-34H,2,10-13,16-17H2,1H3/t21-/m1/s1. The molecule has 0 saturated carbocycles. The summed E-state index contributed by atoms with van der Waals surface area (Å²) in [4.78, 5) is 32.5. The molecule has 37 heavy (non-hydrogen) atoms. The van der Waals surface area contributed by atoms with Crippen LogP contribution in [0.4, 0.5) is 5.82 Å². The Morgan fingerprint density at radius 1 is 1.11 bits per heavy atom. The van der Waals surface area contributed by atoms with Crippen LogP contribution in [-0.2, 0) is 6.42 Å². The minimum atomic E-state index is -0.995. The van der Waals surface area contributed by atoms with Crippen LogP contribution >= 0.6 is 11.3 Å². The largest absolute Gasteiger partial charge is 0.461 e. The maximum Gasteiger partial charge on any atom is 0.319 e. The first kappa shape index (κ1) is 25.1. The lowest BCUT2D eigenvalue weighted by atomic mass is 10.0. The number of nitrogens with zero attached hydrogens (tertiary/aromatic N) is 5. The Labute approximate surface area is 219 Å². The molecule has 1 aliphatic heterocycles. The second-order valence-electron chi connectivity index (χ2n) is 8.86. The fourth-order valence-electron chi connectivity index (χ4n) is 4.28. The summed E-state index contributed by atoms with van der Waals surface area (Å²) in [6.45, 7) is 4.01. The van der Waals surface area contributed by atoms with Crippen molar-refractivity contribution in [3.05, 3.63) is 65.3 Å². The van der Waals surface area contributed by atoms with Crippen LogP contribution in [0.25, 0.3) is 21.3 Å². The summed E-state index contributed by atoms with van der Waals surface area (Å²) >= 11 is 1.59.